The minimum absolute atomic E-state index is 0.00969. The number of nitrogens with one attached hydrogen (secondary N) is 2. The van der Waals surface area contributed by atoms with Crippen molar-refractivity contribution in [3.63, 3.8) is 0 Å². The molecule has 0 spiro atoms. The molecule has 8 heteroatoms. The van der Waals surface area contributed by atoms with Gasteiger partial charge in [0, 0.05) is 31.8 Å². The van der Waals surface area contributed by atoms with Gasteiger partial charge < -0.3 is 10.7 Å². The molecule has 1 heterocycles. The van der Waals surface area contributed by atoms with E-state index in [1.54, 1.807) is 6.07 Å². The highest BCUT2D eigenvalue weighted by Gasteiger charge is 2.18. The van der Waals surface area contributed by atoms with Crippen LogP contribution in [0.3, 0.4) is 0 Å². The van der Waals surface area contributed by atoms with Crippen molar-refractivity contribution >= 4 is 17.3 Å². The van der Waals surface area contributed by atoms with E-state index < -0.39 is 4.92 Å². The number of nitrogens with two attached hydrogens (primary N) is 1. The van der Waals surface area contributed by atoms with Crippen LogP contribution >= 0.6 is 0 Å². The van der Waals surface area contributed by atoms with E-state index in [1.807, 2.05) is 4.90 Å². The zero-order valence-corrected chi connectivity index (χ0v) is 10.3. The molecule has 1 amide bonds. The van der Waals surface area contributed by atoms with Crippen LogP contribution in [0, 0.1) is 10.1 Å². The van der Waals surface area contributed by atoms with Crippen molar-refractivity contribution in [2.24, 2.45) is 5.84 Å². The molecular formula is C11H15N5O3. The maximum Gasteiger partial charge on any atom is 0.269 e. The maximum atomic E-state index is 11.3. The number of nitrogen functional groups attached to an aromatic ring is 1. The van der Waals surface area contributed by atoms with Gasteiger partial charge in [0.2, 0.25) is 5.91 Å². The van der Waals surface area contributed by atoms with Crippen LogP contribution < -0.4 is 16.6 Å². The van der Waals surface area contributed by atoms with Crippen molar-refractivity contribution in [1.29, 1.82) is 0 Å². The van der Waals surface area contributed by atoms with Gasteiger partial charge >= 0.3 is 0 Å². The van der Waals surface area contributed by atoms with E-state index >= 15 is 0 Å². The van der Waals surface area contributed by atoms with Crippen LogP contribution in [-0.4, -0.2) is 35.4 Å². The van der Waals surface area contributed by atoms with Crippen molar-refractivity contribution in [3.8, 4) is 0 Å². The molecule has 1 saturated heterocycles. The summed E-state index contributed by atoms with van der Waals surface area (Å²) in [6, 6.07) is 4.43. The number of hydrazine groups is 1. The highest BCUT2D eigenvalue weighted by atomic mass is 16.6. The lowest BCUT2D eigenvalue weighted by molar-refractivity contribution is -0.384. The number of carbonyl (C=O) groups is 1. The van der Waals surface area contributed by atoms with Gasteiger partial charge in [0.05, 0.1) is 17.2 Å². The Morgan fingerprint density at radius 2 is 2.32 bits per heavy atom. The molecule has 0 saturated carbocycles. The Labute approximate surface area is 109 Å². The van der Waals surface area contributed by atoms with E-state index in [0.29, 0.717) is 30.9 Å². The van der Waals surface area contributed by atoms with Crippen LogP contribution in [0.4, 0.5) is 11.4 Å². The SMILES string of the molecule is NNc1ccc([N+](=O)[O-])cc1CN1CCNC(=O)C1. The lowest BCUT2D eigenvalue weighted by Gasteiger charge is -2.27. The number of benzene rings is 1. The van der Waals surface area contributed by atoms with E-state index in [4.69, 9.17) is 5.84 Å². The first-order valence-corrected chi connectivity index (χ1v) is 5.83. The third kappa shape index (κ3) is 3.18. The predicted octanol–water partition coefficient (Wildman–Crippen LogP) is -0.188. The highest BCUT2D eigenvalue weighted by Crippen LogP contribution is 2.23. The smallest absolute Gasteiger partial charge is 0.269 e. The number of hydrogen-bond acceptors (Lipinski definition) is 6. The average molecular weight is 265 g/mol. The van der Waals surface area contributed by atoms with Crippen LogP contribution in [0.25, 0.3) is 0 Å². The molecule has 0 atom stereocenters. The lowest BCUT2D eigenvalue weighted by Crippen LogP contribution is -2.47. The second-order valence-corrected chi connectivity index (χ2v) is 4.30. The Kier molecular flexibility index (Phi) is 3.93. The van der Waals surface area contributed by atoms with Crippen molar-refractivity contribution in [3.05, 3.63) is 33.9 Å². The van der Waals surface area contributed by atoms with E-state index in [0.717, 1.165) is 0 Å². The Bertz CT molecular complexity index is 505. The number of anilines is 1. The zero-order chi connectivity index (χ0) is 13.8. The number of carbonyl (C=O) groups excluding carboxylic acids is 1. The second kappa shape index (κ2) is 5.63. The topological polar surface area (TPSA) is 114 Å². The lowest BCUT2D eigenvalue weighted by atomic mass is 10.1. The molecule has 0 aromatic heterocycles. The number of nitro benzene ring substituents is 1. The molecular weight excluding hydrogens is 250 g/mol. The zero-order valence-electron chi connectivity index (χ0n) is 10.3. The quantitative estimate of drug-likeness (QED) is 0.395. The Morgan fingerprint density at radius 1 is 1.53 bits per heavy atom. The molecule has 1 aromatic rings. The normalized spacial score (nSPS) is 15.9. The third-order valence-corrected chi connectivity index (χ3v) is 2.97. The fourth-order valence-corrected chi connectivity index (χ4v) is 2.03. The molecule has 0 bridgehead atoms. The summed E-state index contributed by atoms with van der Waals surface area (Å²) in [6.07, 6.45) is 0. The summed E-state index contributed by atoms with van der Waals surface area (Å²) in [6.45, 7) is 2.01. The number of rotatable bonds is 4. The summed E-state index contributed by atoms with van der Waals surface area (Å²) < 4.78 is 0. The Hall–Kier alpha value is -2.19. The average Bonchev–Trinajstić information content (AvgIpc) is 2.38. The minimum Gasteiger partial charge on any atom is -0.354 e. The molecule has 1 aliphatic heterocycles. The molecule has 1 aliphatic rings. The van der Waals surface area contributed by atoms with Crippen molar-refractivity contribution in [2.45, 2.75) is 6.54 Å². The fraction of sp³-hybridized carbons (Fsp3) is 0.364. The summed E-state index contributed by atoms with van der Waals surface area (Å²) >= 11 is 0. The van der Waals surface area contributed by atoms with Gasteiger partial charge in [-0.25, -0.2) is 0 Å². The number of nitrogens with zero attached hydrogens (tertiary/aromatic N) is 2. The first kappa shape index (κ1) is 13.2. The monoisotopic (exact) mass is 265 g/mol. The fourth-order valence-electron chi connectivity index (χ4n) is 2.03. The van der Waals surface area contributed by atoms with Gasteiger partial charge in [0.15, 0.2) is 0 Å². The van der Waals surface area contributed by atoms with E-state index in [-0.39, 0.29) is 18.1 Å². The van der Waals surface area contributed by atoms with Gasteiger partial charge in [-0.05, 0) is 11.6 Å². The minimum atomic E-state index is -0.452. The molecule has 1 fully saturated rings. The molecule has 0 aliphatic carbocycles. The van der Waals surface area contributed by atoms with Crippen LogP contribution in [0.5, 0.6) is 0 Å². The predicted molar refractivity (Wildman–Crippen MR) is 69.2 cm³/mol. The summed E-state index contributed by atoms with van der Waals surface area (Å²) in [5.41, 5.74) is 3.84. The molecule has 8 nitrogen and oxygen atoms in total. The molecule has 2 rings (SSSR count). The first-order chi connectivity index (χ1) is 9.10. The van der Waals surface area contributed by atoms with Gasteiger partial charge in [0.1, 0.15) is 0 Å². The van der Waals surface area contributed by atoms with Gasteiger partial charge in [-0.2, -0.15) is 0 Å². The van der Waals surface area contributed by atoms with Gasteiger partial charge in [-0.15, -0.1) is 0 Å². The van der Waals surface area contributed by atoms with Crippen molar-refractivity contribution < 1.29 is 9.72 Å². The Balaban J connectivity index is 2.19. The maximum absolute atomic E-state index is 11.3. The van der Waals surface area contributed by atoms with Crippen LogP contribution in [0.1, 0.15) is 5.56 Å². The van der Waals surface area contributed by atoms with Gasteiger partial charge in [0.25, 0.3) is 5.69 Å². The number of hydrogen-bond donors (Lipinski definition) is 3. The van der Waals surface area contributed by atoms with Crippen LogP contribution in [-0.2, 0) is 11.3 Å². The summed E-state index contributed by atoms with van der Waals surface area (Å²) in [5, 5.41) is 13.5. The van der Waals surface area contributed by atoms with Crippen LogP contribution in [0.15, 0.2) is 18.2 Å². The largest absolute Gasteiger partial charge is 0.354 e. The van der Waals surface area contributed by atoms with E-state index in [2.05, 4.69) is 10.7 Å². The standard InChI is InChI=1S/C11H15N5O3/c12-14-10-2-1-9(16(18)19)5-8(10)6-15-4-3-13-11(17)7-15/h1-2,5,14H,3-4,6-7,12H2,(H,13,17). The highest BCUT2D eigenvalue weighted by molar-refractivity contribution is 5.78. The first-order valence-electron chi connectivity index (χ1n) is 5.83. The van der Waals surface area contributed by atoms with Gasteiger partial charge in [-0.1, -0.05) is 0 Å². The van der Waals surface area contributed by atoms with Crippen molar-refractivity contribution in [1.82, 2.24) is 10.2 Å². The molecule has 102 valence electrons. The molecule has 0 unspecified atom stereocenters. The van der Waals surface area contributed by atoms with E-state index in [1.165, 1.54) is 12.1 Å². The molecule has 4 N–H and O–H groups in total. The number of piperazine rings is 1. The summed E-state index contributed by atoms with van der Waals surface area (Å²) in [7, 11) is 0. The van der Waals surface area contributed by atoms with E-state index in [9.17, 15) is 14.9 Å². The number of nitro groups is 1. The van der Waals surface area contributed by atoms with Gasteiger partial charge in [-0.3, -0.25) is 25.7 Å². The van der Waals surface area contributed by atoms with Crippen molar-refractivity contribution in [2.75, 3.05) is 25.1 Å². The molecule has 0 radical (unpaired) electrons. The summed E-state index contributed by atoms with van der Waals surface area (Å²) in [4.78, 5) is 23.5. The second-order valence-electron chi connectivity index (χ2n) is 4.30. The van der Waals surface area contributed by atoms with Crippen LogP contribution in [0.2, 0.25) is 0 Å². The summed E-state index contributed by atoms with van der Waals surface area (Å²) in [5.74, 6) is 5.35. The molecule has 19 heavy (non-hydrogen) atoms. The molecule has 1 aromatic carbocycles. The number of amides is 1. The Morgan fingerprint density at radius 3 is 2.95 bits per heavy atom. The third-order valence-electron chi connectivity index (χ3n) is 2.97. The number of non-ortho nitro benzene ring substituents is 1.